The number of piperazine rings is 1. The Labute approximate surface area is 189 Å². The third-order valence-corrected chi connectivity index (χ3v) is 7.36. The van der Waals surface area contributed by atoms with Crippen molar-refractivity contribution in [1.82, 2.24) is 15.1 Å². The third-order valence-electron chi connectivity index (χ3n) is 7.36. The maximum Gasteiger partial charge on any atom is 0.324 e. The molecular formula is C24H34N4O4. The van der Waals surface area contributed by atoms with E-state index in [0.717, 1.165) is 13.1 Å². The number of fused-ring (bicyclic) bond motifs is 1. The zero-order valence-electron chi connectivity index (χ0n) is 19.3. The molecule has 32 heavy (non-hydrogen) atoms. The van der Waals surface area contributed by atoms with Crippen LogP contribution in [0.25, 0.3) is 0 Å². The van der Waals surface area contributed by atoms with E-state index in [1.165, 1.54) is 21.7 Å². The Morgan fingerprint density at radius 3 is 2.59 bits per heavy atom. The summed E-state index contributed by atoms with van der Waals surface area (Å²) in [6.45, 7) is 7.90. The minimum atomic E-state index is -0.372. The lowest BCUT2D eigenvalue weighted by atomic mass is 9.76. The van der Waals surface area contributed by atoms with Crippen LogP contribution in [0.2, 0.25) is 0 Å². The van der Waals surface area contributed by atoms with E-state index >= 15 is 0 Å². The summed E-state index contributed by atoms with van der Waals surface area (Å²) >= 11 is 0. The molecule has 1 saturated carbocycles. The number of rotatable bonds is 5. The van der Waals surface area contributed by atoms with Crippen molar-refractivity contribution in [3.05, 3.63) is 29.3 Å². The number of imide groups is 1. The third kappa shape index (κ3) is 4.33. The monoisotopic (exact) mass is 442 g/mol. The normalized spacial score (nSPS) is 26.1. The van der Waals surface area contributed by atoms with Crippen LogP contribution in [0.1, 0.15) is 30.4 Å². The zero-order valence-corrected chi connectivity index (χ0v) is 19.3. The highest BCUT2D eigenvalue weighted by atomic mass is 16.5. The molecule has 3 unspecified atom stereocenters. The van der Waals surface area contributed by atoms with Gasteiger partial charge in [0.1, 0.15) is 0 Å². The second kappa shape index (κ2) is 9.48. The first-order valence-corrected chi connectivity index (χ1v) is 11.6. The van der Waals surface area contributed by atoms with Gasteiger partial charge < -0.3 is 19.9 Å². The molecule has 8 heteroatoms. The molecule has 2 heterocycles. The Morgan fingerprint density at radius 1 is 1.12 bits per heavy atom. The molecule has 174 valence electrons. The van der Waals surface area contributed by atoms with Gasteiger partial charge in [0, 0.05) is 50.9 Å². The van der Waals surface area contributed by atoms with E-state index in [-0.39, 0.29) is 42.3 Å². The highest BCUT2D eigenvalue weighted by Gasteiger charge is 2.45. The van der Waals surface area contributed by atoms with Crippen molar-refractivity contribution in [1.29, 1.82) is 0 Å². The quantitative estimate of drug-likeness (QED) is 0.754. The number of urea groups is 1. The van der Waals surface area contributed by atoms with E-state index in [4.69, 9.17) is 4.74 Å². The van der Waals surface area contributed by atoms with Gasteiger partial charge >= 0.3 is 6.03 Å². The van der Waals surface area contributed by atoms with Crippen LogP contribution >= 0.6 is 0 Å². The molecule has 1 aliphatic carbocycles. The lowest BCUT2D eigenvalue weighted by Gasteiger charge is -2.43. The molecule has 3 fully saturated rings. The Balaban J connectivity index is 1.33. The van der Waals surface area contributed by atoms with E-state index in [2.05, 4.69) is 42.3 Å². The molecule has 3 aliphatic rings. The Bertz CT molecular complexity index is 881. The fourth-order valence-corrected chi connectivity index (χ4v) is 5.29. The second-order valence-corrected chi connectivity index (χ2v) is 9.19. The summed E-state index contributed by atoms with van der Waals surface area (Å²) < 4.78 is 5.01. The topological polar surface area (TPSA) is 82.2 Å². The Hall–Kier alpha value is -2.61. The van der Waals surface area contributed by atoms with Crippen LogP contribution in [0.5, 0.6) is 0 Å². The second-order valence-electron chi connectivity index (χ2n) is 9.19. The van der Waals surface area contributed by atoms with Gasteiger partial charge in [-0.1, -0.05) is 12.1 Å². The number of ether oxygens (including phenoxy) is 1. The van der Waals surface area contributed by atoms with Crippen molar-refractivity contribution >= 4 is 23.5 Å². The van der Waals surface area contributed by atoms with Crippen molar-refractivity contribution in [2.45, 2.75) is 39.2 Å². The number of hydrogen-bond acceptors (Lipinski definition) is 5. The van der Waals surface area contributed by atoms with Crippen LogP contribution < -0.4 is 10.2 Å². The number of nitrogens with one attached hydrogen (secondary N) is 1. The van der Waals surface area contributed by atoms with Gasteiger partial charge in [-0.3, -0.25) is 14.5 Å². The average molecular weight is 443 g/mol. The SMILES string of the molecule is COCCN1C(=O)NC2CC(C(=O)N3CCN(c4cccc(C)c4C)CC3)CCC2C1=O. The summed E-state index contributed by atoms with van der Waals surface area (Å²) in [5.74, 6) is -0.353. The van der Waals surface area contributed by atoms with Gasteiger partial charge in [-0.05, 0) is 50.3 Å². The fraction of sp³-hybridized carbons (Fsp3) is 0.625. The minimum absolute atomic E-state index is 0.135. The number of methoxy groups -OCH3 is 1. The molecule has 0 bridgehead atoms. The highest BCUT2D eigenvalue weighted by molar-refractivity contribution is 5.99. The smallest absolute Gasteiger partial charge is 0.324 e. The van der Waals surface area contributed by atoms with Crippen molar-refractivity contribution in [2.75, 3.05) is 51.3 Å². The summed E-state index contributed by atoms with van der Waals surface area (Å²) in [5, 5.41) is 2.97. The van der Waals surface area contributed by atoms with Crippen molar-refractivity contribution < 1.29 is 19.1 Å². The molecule has 0 spiro atoms. The van der Waals surface area contributed by atoms with E-state index in [1.54, 1.807) is 7.11 Å². The first-order chi connectivity index (χ1) is 15.4. The standard InChI is InChI=1S/C24H34N4O4/c1-16-5-4-6-21(17(16)2)26-9-11-27(12-10-26)22(29)18-7-8-19-20(15-18)25-24(31)28(23(19)30)13-14-32-3/h4-6,18-20H,7-15H2,1-3H3,(H,25,31). The lowest BCUT2D eigenvalue weighted by Crippen LogP contribution is -2.62. The predicted molar refractivity (Wildman–Crippen MR) is 121 cm³/mol. The van der Waals surface area contributed by atoms with Crippen LogP contribution in [0.15, 0.2) is 18.2 Å². The van der Waals surface area contributed by atoms with Crippen LogP contribution in [-0.4, -0.2) is 80.1 Å². The number of carbonyl (C=O) groups is 3. The lowest BCUT2D eigenvalue weighted by molar-refractivity contribution is -0.143. The van der Waals surface area contributed by atoms with Crippen LogP contribution in [-0.2, 0) is 14.3 Å². The zero-order chi connectivity index (χ0) is 22.8. The minimum Gasteiger partial charge on any atom is -0.383 e. The molecule has 1 aromatic carbocycles. The molecule has 2 saturated heterocycles. The van der Waals surface area contributed by atoms with E-state index in [9.17, 15) is 14.4 Å². The molecule has 3 atom stereocenters. The number of carbonyl (C=O) groups excluding carboxylic acids is 3. The maximum atomic E-state index is 13.2. The van der Waals surface area contributed by atoms with Gasteiger partial charge in [-0.25, -0.2) is 4.79 Å². The molecule has 8 nitrogen and oxygen atoms in total. The number of anilines is 1. The molecule has 4 rings (SSSR count). The molecule has 2 aliphatic heterocycles. The molecule has 4 amide bonds. The molecule has 1 N–H and O–H groups in total. The fourth-order valence-electron chi connectivity index (χ4n) is 5.29. The molecular weight excluding hydrogens is 408 g/mol. The maximum absolute atomic E-state index is 13.2. The van der Waals surface area contributed by atoms with E-state index in [1.807, 2.05) is 4.90 Å². The first kappa shape index (κ1) is 22.6. The van der Waals surface area contributed by atoms with Crippen molar-refractivity contribution in [3.63, 3.8) is 0 Å². The molecule has 0 aromatic heterocycles. The highest BCUT2D eigenvalue weighted by Crippen LogP contribution is 2.34. The van der Waals surface area contributed by atoms with Gasteiger partial charge in [0.25, 0.3) is 0 Å². The van der Waals surface area contributed by atoms with Gasteiger partial charge in [-0.15, -0.1) is 0 Å². The first-order valence-electron chi connectivity index (χ1n) is 11.6. The summed E-state index contributed by atoms with van der Waals surface area (Å²) in [6.07, 6.45) is 1.86. The predicted octanol–water partition coefficient (Wildman–Crippen LogP) is 1.94. The molecule has 1 aromatic rings. The van der Waals surface area contributed by atoms with Gasteiger partial charge in [-0.2, -0.15) is 0 Å². The largest absolute Gasteiger partial charge is 0.383 e. The number of nitrogens with zero attached hydrogens (tertiary/aromatic N) is 3. The average Bonchev–Trinajstić information content (AvgIpc) is 2.80. The summed E-state index contributed by atoms with van der Waals surface area (Å²) in [5.41, 5.74) is 3.82. The Kier molecular flexibility index (Phi) is 6.69. The molecule has 0 radical (unpaired) electrons. The Morgan fingerprint density at radius 2 is 1.88 bits per heavy atom. The number of aryl methyl sites for hydroxylation is 1. The number of hydrogen-bond donors (Lipinski definition) is 1. The number of benzene rings is 1. The van der Waals surface area contributed by atoms with Gasteiger partial charge in [0.15, 0.2) is 0 Å². The summed E-state index contributed by atoms with van der Waals surface area (Å²) in [7, 11) is 1.55. The van der Waals surface area contributed by atoms with E-state index < -0.39 is 0 Å². The van der Waals surface area contributed by atoms with E-state index in [0.29, 0.717) is 39.0 Å². The van der Waals surface area contributed by atoms with Crippen LogP contribution in [0.3, 0.4) is 0 Å². The van der Waals surface area contributed by atoms with Crippen LogP contribution in [0.4, 0.5) is 10.5 Å². The van der Waals surface area contributed by atoms with Gasteiger partial charge in [0.2, 0.25) is 11.8 Å². The van der Waals surface area contributed by atoms with Crippen molar-refractivity contribution in [2.24, 2.45) is 11.8 Å². The summed E-state index contributed by atoms with van der Waals surface area (Å²) in [6, 6.07) is 5.74. The summed E-state index contributed by atoms with van der Waals surface area (Å²) in [4.78, 5) is 44.0. The van der Waals surface area contributed by atoms with Gasteiger partial charge in [0.05, 0.1) is 19.1 Å². The van der Waals surface area contributed by atoms with Crippen LogP contribution in [0, 0.1) is 25.7 Å². The number of amides is 4. The van der Waals surface area contributed by atoms with Crippen molar-refractivity contribution in [3.8, 4) is 0 Å².